The Balaban J connectivity index is 1.55. The maximum atomic E-state index is 12.3. The summed E-state index contributed by atoms with van der Waals surface area (Å²) in [7, 11) is 3.15. The van der Waals surface area contributed by atoms with Gasteiger partial charge in [0.05, 0.1) is 20.4 Å². The Hall–Kier alpha value is -3.80. The first kappa shape index (κ1) is 20.9. The summed E-state index contributed by atoms with van der Waals surface area (Å²) in [4.78, 5) is 12.3. The number of hydrazone groups is 1. The van der Waals surface area contributed by atoms with E-state index in [2.05, 4.69) is 10.5 Å². The molecular formula is C24H24N2O4. The lowest BCUT2D eigenvalue weighted by Crippen LogP contribution is -2.17. The van der Waals surface area contributed by atoms with Gasteiger partial charge >= 0.3 is 0 Å². The fraction of sp³-hybridized carbons (Fsp3) is 0.167. The van der Waals surface area contributed by atoms with E-state index in [1.54, 1.807) is 56.7 Å². The Bertz CT molecular complexity index is 1010. The molecule has 30 heavy (non-hydrogen) atoms. The second-order valence-corrected chi connectivity index (χ2v) is 6.61. The quantitative estimate of drug-likeness (QED) is 0.448. The molecule has 0 aliphatic heterocycles. The van der Waals surface area contributed by atoms with E-state index in [0.29, 0.717) is 29.4 Å². The summed E-state index contributed by atoms with van der Waals surface area (Å²) in [5.74, 6) is 1.66. The number of rotatable bonds is 8. The van der Waals surface area contributed by atoms with Crippen LogP contribution in [-0.4, -0.2) is 26.3 Å². The number of benzene rings is 3. The van der Waals surface area contributed by atoms with Crippen LogP contribution >= 0.6 is 0 Å². The maximum Gasteiger partial charge on any atom is 0.271 e. The summed E-state index contributed by atoms with van der Waals surface area (Å²) in [5.41, 5.74) is 6.02. The van der Waals surface area contributed by atoms with Crippen molar-refractivity contribution >= 4 is 12.1 Å². The van der Waals surface area contributed by atoms with E-state index in [1.807, 2.05) is 31.2 Å². The van der Waals surface area contributed by atoms with Crippen molar-refractivity contribution in [1.29, 1.82) is 0 Å². The van der Waals surface area contributed by atoms with Crippen LogP contribution < -0.4 is 19.6 Å². The average Bonchev–Trinajstić information content (AvgIpc) is 2.79. The van der Waals surface area contributed by atoms with Crippen LogP contribution in [0.25, 0.3) is 0 Å². The fourth-order valence-electron chi connectivity index (χ4n) is 2.70. The van der Waals surface area contributed by atoms with Gasteiger partial charge in [-0.2, -0.15) is 5.10 Å². The third-order valence-corrected chi connectivity index (χ3v) is 4.45. The van der Waals surface area contributed by atoms with Crippen molar-refractivity contribution in [1.82, 2.24) is 5.43 Å². The minimum Gasteiger partial charge on any atom is -0.497 e. The minimum atomic E-state index is -0.316. The second-order valence-electron chi connectivity index (χ2n) is 6.61. The Labute approximate surface area is 176 Å². The molecule has 0 saturated heterocycles. The van der Waals surface area contributed by atoms with Crippen molar-refractivity contribution in [2.24, 2.45) is 5.10 Å². The van der Waals surface area contributed by atoms with E-state index in [4.69, 9.17) is 14.2 Å². The Morgan fingerprint density at radius 2 is 1.63 bits per heavy atom. The fourth-order valence-corrected chi connectivity index (χ4v) is 2.70. The number of hydrogen-bond donors (Lipinski definition) is 1. The third-order valence-electron chi connectivity index (χ3n) is 4.45. The largest absolute Gasteiger partial charge is 0.497 e. The highest BCUT2D eigenvalue weighted by Gasteiger charge is 2.06. The molecule has 0 heterocycles. The van der Waals surface area contributed by atoms with Crippen LogP contribution in [0.15, 0.2) is 71.8 Å². The number of methoxy groups -OCH3 is 2. The standard InChI is InChI=1S/C24H24N2O4/c1-17-4-6-18(7-5-17)16-30-21-11-8-19(9-12-21)24(27)26-25-15-20-10-13-22(28-2)14-23(20)29-3/h4-15H,16H2,1-3H3,(H,26,27)/b25-15+. The van der Waals surface area contributed by atoms with Crippen LogP contribution in [-0.2, 0) is 6.61 Å². The van der Waals surface area contributed by atoms with Gasteiger partial charge < -0.3 is 14.2 Å². The monoisotopic (exact) mass is 404 g/mol. The minimum absolute atomic E-state index is 0.316. The summed E-state index contributed by atoms with van der Waals surface area (Å²) in [5, 5.41) is 4.01. The van der Waals surface area contributed by atoms with Gasteiger partial charge in [-0.05, 0) is 48.9 Å². The number of amides is 1. The van der Waals surface area contributed by atoms with Crippen molar-refractivity contribution in [2.45, 2.75) is 13.5 Å². The van der Waals surface area contributed by atoms with Crippen molar-refractivity contribution in [2.75, 3.05) is 14.2 Å². The zero-order valence-electron chi connectivity index (χ0n) is 17.2. The molecule has 0 unspecified atom stereocenters. The first-order valence-corrected chi connectivity index (χ1v) is 9.43. The molecule has 1 N–H and O–H groups in total. The number of ether oxygens (including phenoxy) is 3. The Morgan fingerprint density at radius 1 is 0.933 bits per heavy atom. The van der Waals surface area contributed by atoms with E-state index < -0.39 is 0 Å². The summed E-state index contributed by atoms with van der Waals surface area (Å²) in [6, 6.07) is 20.4. The molecule has 0 atom stereocenters. The number of carbonyl (C=O) groups is 1. The zero-order chi connectivity index (χ0) is 21.3. The maximum absolute atomic E-state index is 12.3. The lowest BCUT2D eigenvalue weighted by Gasteiger charge is -2.08. The number of carbonyl (C=O) groups excluding carboxylic acids is 1. The van der Waals surface area contributed by atoms with E-state index in [1.165, 1.54) is 11.8 Å². The van der Waals surface area contributed by atoms with Crippen molar-refractivity contribution in [3.8, 4) is 17.2 Å². The van der Waals surface area contributed by atoms with Gasteiger partial charge in [0, 0.05) is 17.2 Å². The molecule has 0 aromatic heterocycles. The van der Waals surface area contributed by atoms with Crippen molar-refractivity contribution < 1.29 is 19.0 Å². The molecule has 154 valence electrons. The van der Waals surface area contributed by atoms with Crippen LogP contribution in [0.1, 0.15) is 27.0 Å². The average molecular weight is 404 g/mol. The highest BCUT2D eigenvalue weighted by atomic mass is 16.5. The molecule has 0 saturated carbocycles. The number of aryl methyl sites for hydroxylation is 1. The van der Waals surface area contributed by atoms with Gasteiger partial charge in [0.2, 0.25) is 0 Å². The Kier molecular flexibility index (Phi) is 7.05. The smallest absolute Gasteiger partial charge is 0.271 e. The van der Waals surface area contributed by atoms with Gasteiger partial charge in [-0.25, -0.2) is 5.43 Å². The first-order valence-electron chi connectivity index (χ1n) is 9.43. The molecule has 6 nitrogen and oxygen atoms in total. The summed E-state index contributed by atoms with van der Waals surface area (Å²) in [6.07, 6.45) is 1.52. The summed E-state index contributed by atoms with van der Waals surface area (Å²) in [6.45, 7) is 2.52. The molecule has 1 amide bonds. The first-order chi connectivity index (χ1) is 14.6. The lowest BCUT2D eigenvalue weighted by atomic mass is 10.2. The van der Waals surface area contributed by atoms with Crippen LogP contribution in [0.4, 0.5) is 0 Å². The molecule has 3 rings (SSSR count). The SMILES string of the molecule is COc1ccc(/C=N/NC(=O)c2ccc(OCc3ccc(C)cc3)cc2)c(OC)c1. The molecule has 0 bridgehead atoms. The van der Waals surface area contributed by atoms with Gasteiger partial charge in [0.1, 0.15) is 23.9 Å². The highest BCUT2D eigenvalue weighted by Crippen LogP contribution is 2.23. The van der Waals surface area contributed by atoms with Crippen LogP contribution in [0.3, 0.4) is 0 Å². The summed E-state index contributed by atoms with van der Waals surface area (Å²) < 4.78 is 16.2. The molecule has 0 radical (unpaired) electrons. The topological polar surface area (TPSA) is 69.2 Å². The summed E-state index contributed by atoms with van der Waals surface area (Å²) >= 11 is 0. The normalized spacial score (nSPS) is 10.6. The van der Waals surface area contributed by atoms with Gasteiger partial charge in [0.25, 0.3) is 5.91 Å². The van der Waals surface area contributed by atoms with Gasteiger partial charge in [-0.15, -0.1) is 0 Å². The molecule has 3 aromatic carbocycles. The molecule has 0 spiro atoms. The van der Waals surface area contributed by atoms with E-state index >= 15 is 0 Å². The predicted octanol–water partition coefficient (Wildman–Crippen LogP) is 4.36. The predicted molar refractivity (Wildman–Crippen MR) is 117 cm³/mol. The highest BCUT2D eigenvalue weighted by molar-refractivity contribution is 5.95. The Morgan fingerprint density at radius 3 is 2.30 bits per heavy atom. The number of hydrogen-bond acceptors (Lipinski definition) is 5. The van der Waals surface area contributed by atoms with Crippen LogP contribution in [0, 0.1) is 6.92 Å². The van der Waals surface area contributed by atoms with Gasteiger partial charge in [-0.3, -0.25) is 4.79 Å². The van der Waals surface area contributed by atoms with E-state index in [9.17, 15) is 4.79 Å². The molecule has 6 heteroatoms. The third kappa shape index (κ3) is 5.61. The molecule has 0 fully saturated rings. The number of nitrogens with zero attached hydrogens (tertiary/aromatic N) is 1. The molecular weight excluding hydrogens is 380 g/mol. The van der Waals surface area contributed by atoms with E-state index in [0.717, 1.165) is 11.1 Å². The van der Waals surface area contributed by atoms with E-state index in [-0.39, 0.29) is 5.91 Å². The second kappa shape index (κ2) is 10.1. The van der Waals surface area contributed by atoms with Crippen LogP contribution in [0.5, 0.6) is 17.2 Å². The van der Waals surface area contributed by atoms with Gasteiger partial charge in [0.15, 0.2) is 0 Å². The molecule has 0 aliphatic carbocycles. The van der Waals surface area contributed by atoms with Crippen molar-refractivity contribution in [3.63, 3.8) is 0 Å². The molecule has 3 aromatic rings. The lowest BCUT2D eigenvalue weighted by molar-refractivity contribution is 0.0955. The number of nitrogens with one attached hydrogen (secondary N) is 1. The zero-order valence-corrected chi connectivity index (χ0v) is 17.2. The molecule has 0 aliphatic rings. The van der Waals surface area contributed by atoms with Crippen LogP contribution in [0.2, 0.25) is 0 Å². The van der Waals surface area contributed by atoms with Gasteiger partial charge in [-0.1, -0.05) is 29.8 Å². The van der Waals surface area contributed by atoms with Crippen molar-refractivity contribution in [3.05, 3.63) is 89.0 Å².